The highest BCUT2D eigenvalue weighted by Crippen LogP contribution is 2.42. The molecule has 5 rings (SSSR count). The van der Waals surface area contributed by atoms with Crippen LogP contribution in [0, 0.1) is 0 Å². The van der Waals surface area contributed by atoms with E-state index in [1.54, 1.807) is 13.8 Å². The average molecular weight is 867 g/mol. The van der Waals surface area contributed by atoms with E-state index in [0.29, 0.717) is 33.8 Å². The second kappa shape index (κ2) is 16.8. The van der Waals surface area contributed by atoms with Gasteiger partial charge < -0.3 is 29.2 Å². The molecule has 8 nitrogen and oxygen atoms in total. The molecule has 0 amide bonds. The lowest BCUT2D eigenvalue weighted by atomic mass is 9.81. The van der Waals surface area contributed by atoms with Crippen molar-refractivity contribution in [2.24, 2.45) is 0 Å². The number of esters is 2. The molecular formula is C44H50Br2O8. The van der Waals surface area contributed by atoms with Crippen molar-refractivity contribution in [2.45, 2.75) is 91.9 Å². The summed E-state index contributed by atoms with van der Waals surface area (Å²) in [5.74, 6) is 0.256. The number of rotatable bonds is 8. The quantitative estimate of drug-likeness (QED) is 0.149. The third kappa shape index (κ3) is 9.79. The number of carbonyl (C=O) groups excluding carboxylic acids is 2. The number of carbonyl (C=O) groups is 2. The molecule has 0 atom stereocenters. The SMILES string of the molecule is CCOC(=O)COc1c2cc(C(C)(C)C)cc1Cc1cc(Br)cc(c1O)Cc1cc(C(C)(C)C)cc(c1OCC(=O)OCC)Cc1cc(Br)cc(c1O)C2. The van der Waals surface area contributed by atoms with Crippen LogP contribution >= 0.6 is 31.9 Å². The van der Waals surface area contributed by atoms with Gasteiger partial charge in [0, 0.05) is 34.6 Å². The Kier molecular flexibility index (Phi) is 12.8. The molecular weight excluding hydrogens is 816 g/mol. The van der Waals surface area contributed by atoms with Gasteiger partial charge in [0.05, 0.1) is 13.2 Å². The van der Waals surface area contributed by atoms with Gasteiger partial charge in [0.1, 0.15) is 23.0 Å². The van der Waals surface area contributed by atoms with Crippen LogP contribution in [-0.4, -0.2) is 48.6 Å². The van der Waals surface area contributed by atoms with E-state index in [9.17, 15) is 19.8 Å². The number of ether oxygens (including phenoxy) is 4. The van der Waals surface area contributed by atoms with E-state index < -0.39 is 11.9 Å². The Morgan fingerprint density at radius 2 is 0.815 bits per heavy atom. The minimum Gasteiger partial charge on any atom is -0.507 e. The molecule has 0 saturated carbocycles. The summed E-state index contributed by atoms with van der Waals surface area (Å²) in [5, 5.41) is 24.1. The van der Waals surface area contributed by atoms with E-state index >= 15 is 0 Å². The number of fused-ring (bicyclic) bond motifs is 8. The third-order valence-corrected chi connectivity index (χ3v) is 10.4. The predicted molar refractivity (Wildman–Crippen MR) is 217 cm³/mol. The molecule has 0 unspecified atom stereocenters. The highest BCUT2D eigenvalue weighted by molar-refractivity contribution is 9.10. The van der Waals surface area contributed by atoms with Gasteiger partial charge >= 0.3 is 11.9 Å². The van der Waals surface area contributed by atoms with Gasteiger partial charge in [-0.1, -0.05) is 97.7 Å². The first kappa shape index (κ1) is 41.1. The first-order chi connectivity index (χ1) is 25.4. The normalized spacial score (nSPS) is 12.9. The second-order valence-corrected chi connectivity index (χ2v) is 17.6. The molecule has 0 heterocycles. The van der Waals surface area contributed by atoms with Crippen LogP contribution in [-0.2, 0) is 55.6 Å². The number of halogens is 2. The molecule has 8 bridgehead atoms. The summed E-state index contributed by atoms with van der Waals surface area (Å²) in [4.78, 5) is 25.2. The third-order valence-electron chi connectivity index (χ3n) is 9.49. The Balaban J connectivity index is 1.83. The maximum absolute atomic E-state index is 12.6. The molecule has 1 aliphatic carbocycles. The maximum Gasteiger partial charge on any atom is 0.344 e. The highest BCUT2D eigenvalue weighted by Gasteiger charge is 2.27. The molecule has 0 spiro atoms. The molecule has 0 radical (unpaired) electrons. The largest absolute Gasteiger partial charge is 0.507 e. The highest BCUT2D eigenvalue weighted by atomic mass is 79.9. The topological polar surface area (TPSA) is 112 Å². The number of phenolic OH excluding ortho intramolecular Hbond substituents is 2. The lowest BCUT2D eigenvalue weighted by molar-refractivity contribution is -0.146. The zero-order valence-electron chi connectivity index (χ0n) is 32.4. The molecule has 1 aliphatic rings. The van der Waals surface area contributed by atoms with Crippen LogP contribution in [0.4, 0.5) is 0 Å². The predicted octanol–water partition coefficient (Wildman–Crippen LogP) is 9.78. The van der Waals surface area contributed by atoms with Crippen molar-refractivity contribution < 1.29 is 38.7 Å². The standard InChI is InChI=1S/C44H50Br2O8/c1-9-51-37(47)23-53-41-29-11-25-19-35(45)21-27(39(25)49)13-31-17-34(44(6,7)8)18-32(42(31)54-24-38(48)52-10-2)14-28-22-36(46)20-26(40(28)50)12-30(41)16-33(15-29)43(3,4)5/h15-22,49-50H,9-14,23-24H2,1-8H3. The lowest BCUT2D eigenvalue weighted by Crippen LogP contribution is -2.18. The van der Waals surface area contributed by atoms with Crippen molar-refractivity contribution in [1.29, 1.82) is 0 Å². The van der Waals surface area contributed by atoms with E-state index in [2.05, 4.69) is 97.7 Å². The van der Waals surface area contributed by atoms with E-state index in [-0.39, 0.29) is 74.4 Å². The maximum atomic E-state index is 12.6. The smallest absolute Gasteiger partial charge is 0.344 e. The molecule has 0 aromatic heterocycles. The fourth-order valence-electron chi connectivity index (χ4n) is 6.73. The molecule has 4 aromatic rings. The Bertz CT molecular complexity index is 1810. The monoisotopic (exact) mass is 864 g/mol. The number of hydrogen-bond donors (Lipinski definition) is 2. The molecule has 288 valence electrons. The molecule has 2 N–H and O–H groups in total. The Labute approximate surface area is 335 Å². The number of benzene rings is 4. The van der Waals surface area contributed by atoms with E-state index in [1.807, 2.05) is 24.3 Å². The Morgan fingerprint density at radius 1 is 0.537 bits per heavy atom. The van der Waals surface area contributed by atoms with Gasteiger partial charge in [-0.05, 0) is 105 Å². The van der Waals surface area contributed by atoms with Crippen molar-refractivity contribution in [2.75, 3.05) is 26.4 Å². The van der Waals surface area contributed by atoms with Crippen LogP contribution in [0.2, 0.25) is 0 Å². The molecule has 0 fully saturated rings. The zero-order valence-corrected chi connectivity index (χ0v) is 35.5. The van der Waals surface area contributed by atoms with Crippen LogP contribution in [0.15, 0.2) is 57.5 Å². The minimum atomic E-state index is -0.492. The molecule has 54 heavy (non-hydrogen) atoms. The minimum absolute atomic E-state index is 0.121. The van der Waals surface area contributed by atoms with Crippen molar-refractivity contribution in [3.63, 3.8) is 0 Å². The fraction of sp³-hybridized carbons (Fsp3) is 0.409. The number of phenols is 2. The summed E-state index contributed by atoms with van der Waals surface area (Å²) in [6.07, 6.45) is 1.12. The van der Waals surface area contributed by atoms with Crippen LogP contribution in [0.5, 0.6) is 23.0 Å². The van der Waals surface area contributed by atoms with Crippen LogP contribution in [0.25, 0.3) is 0 Å². The zero-order chi connectivity index (χ0) is 39.5. The number of hydrogen-bond acceptors (Lipinski definition) is 8. The molecule has 0 aliphatic heterocycles. The van der Waals surface area contributed by atoms with Crippen LogP contribution in [0.3, 0.4) is 0 Å². The van der Waals surface area contributed by atoms with Crippen LogP contribution in [0.1, 0.15) is 111 Å². The molecule has 0 saturated heterocycles. The van der Waals surface area contributed by atoms with Crippen molar-refractivity contribution in [3.05, 3.63) is 113 Å². The molecule has 10 heteroatoms. The van der Waals surface area contributed by atoms with E-state index in [0.717, 1.165) is 42.3 Å². The van der Waals surface area contributed by atoms with Gasteiger partial charge in [-0.3, -0.25) is 0 Å². The first-order valence-corrected chi connectivity index (χ1v) is 19.9. The van der Waals surface area contributed by atoms with E-state index in [1.165, 1.54) is 0 Å². The van der Waals surface area contributed by atoms with E-state index in [4.69, 9.17) is 18.9 Å². The van der Waals surface area contributed by atoms with Gasteiger partial charge in [-0.15, -0.1) is 0 Å². The lowest BCUT2D eigenvalue weighted by Gasteiger charge is -2.26. The van der Waals surface area contributed by atoms with Crippen molar-refractivity contribution in [3.8, 4) is 23.0 Å². The van der Waals surface area contributed by atoms with Gasteiger partial charge in [-0.25, -0.2) is 9.59 Å². The summed E-state index contributed by atoms with van der Waals surface area (Å²) < 4.78 is 24.6. The summed E-state index contributed by atoms with van der Waals surface area (Å²) in [6, 6.07) is 15.8. The summed E-state index contributed by atoms with van der Waals surface area (Å²) >= 11 is 7.42. The summed E-state index contributed by atoms with van der Waals surface area (Å²) in [5.41, 5.74) is 7.27. The summed E-state index contributed by atoms with van der Waals surface area (Å²) in [7, 11) is 0. The second-order valence-electron chi connectivity index (χ2n) is 15.8. The van der Waals surface area contributed by atoms with Crippen molar-refractivity contribution >= 4 is 43.8 Å². The molecule has 4 aromatic carbocycles. The summed E-state index contributed by atoms with van der Waals surface area (Å²) in [6.45, 7) is 16.1. The number of aromatic hydroxyl groups is 2. The van der Waals surface area contributed by atoms with Gasteiger partial charge in [0.15, 0.2) is 13.2 Å². The Morgan fingerprint density at radius 3 is 1.06 bits per heavy atom. The van der Waals surface area contributed by atoms with Crippen molar-refractivity contribution in [1.82, 2.24) is 0 Å². The van der Waals surface area contributed by atoms with Gasteiger partial charge in [0.2, 0.25) is 0 Å². The van der Waals surface area contributed by atoms with Crippen LogP contribution < -0.4 is 9.47 Å². The fourth-order valence-corrected chi connectivity index (χ4v) is 7.84. The Hall–Kier alpha value is -4.02. The van der Waals surface area contributed by atoms with Gasteiger partial charge in [0.25, 0.3) is 0 Å². The van der Waals surface area contributed by atoms with Gasteiger partial charge in [-0.2, -0.15) is 0 Å². The first-order valence-electron chi connectivity index (χ1n) is 18.3. The average Bonchev–Trinajstić information content (AvgIpc) is 3.06.